The van der Waals surface area contributed by atoms with Crippen molar-refractivity contribution in [3.63, 3.8) is 0 Å². The van der Waals surface area contributed by atoms with Crippen LogP contribution in [-0.2, 0) is 20.9 Å². The van der Waals surface area contributed by atoms with Crippen molar-refractivity contribution in [3.05, 3.63) is 29.8 Å². The highest BCUT2D eigenvalue weighted by Gasteiger charge is 2.22. The summed E-state index contributed by atoms with van der Waals surface area (Å²) in [5, 5.41) is 8.31. The van der Waals surface area contributed by atoms with E-state index in [2.05, 4.69) is 16.0 Å². The summed E-state index contributed by atoms with van der Waals surface area (Å²) >= 11 is 0. The molecular formula is C21H31N3O4. The van der Waals surface area contributed by atoms with Gasteiger partial charge in [-0.2, -0.15) is 0 Å². The second-order valence-corrected chi connectivity index (χ2v) is 8.12. The van der Waals surface area contributed by atoms with Crippen molar-refractivity contribution in [2.75, 3.05) is 11.9 Å². The molecule has 154 valence electrons. The zero-order chi connectivity index (χ0) is 20.6. The molecule has 0 bridgehead atoms. The molecule has 1 aliphatic carbocycles. The quantitative estimate of drug-likeness (QED) is 0.666. The van der Waals surface area contributed by atoms with Crippen molar-refractivity contribution < 1.29 is 19.1 Å². The lowest BCUT2D eigenvalue weighted by atomic mass is 10.1. The van der Waals surface area contributed by atoms with Crippen molar-refractivity contribution >= 4 is 23.6 Å². The molecule has 1 saturated carbocycles. The maximum absolute atomic E-state index is 12.1. The molecule has 0 aliphatic heterocycles. The molecule has 0 radical (unpaired) electrons. The first-order valence-electron chi connectivity index (χ1n) is 9.86. The molecule has 0 aromatic heterocycles. The topological polar surface area (TPSA) is 96.5 Å². The number of hydrogen-bond donors (Lipinski definition) is 3. The van der Waals surface area contributed by atoms with Crippen molar-refractivity contribution in [2.45, 2.75) is 65.0 Å². The average Bonchev–Trinajstić information content (AvgIpc) is 3.14. The van der Waals surface area contributed by atoms with E-state index in [-0.39, 0.29) is 30.7 Å². The molecule has 2 rings (SSSR count). The maximum Gasteiger partial charge on any atom is 0.407 e. The molecule has 7 nitrogen and oxygen atoms in total. The van der Waals surface area contributed by atoms with Gasteiger partial charge in [0.05, 0.1) is 0 Å². The molecule has 28 heavy (non-hydrogen) atoms. The number of amides is 3. The minimum Gasteiger partial charge on any atom is -0.444 e. The van der Waals surface area contributed by atoms with E-state index < -0.39 is 11.7 Å². The van der Waals surface area contributed by atoms with Gasteiger partial charge in [-0.05, 0) is 51.3 Å². The number of carbonyl (C=O) groups is 3. The standard InChI is InChI=1S/C21H31N3O4/c1-21(2,3)28-20(27)22-13-12-18(25)23-14-15-8-10-17(11-9-15)24-19(26)16-6-4-5-7-16/h8-11,16H,4-7,12-14H2,1-3H3,(H,22,27)(H,23,25)(H,24,26). The summed E-state index contributed by atoms with van der Waals surface area (Å²) in [5.74, 6) is 0.0685. The molecule has 1 aromatic carbocycles. The Morgan fingerprint density at radius 1 is 1.04 bits per heavy atom. The molecule has 0 atom stereocenters. The molecular weight excluding hydrogens is 358 g/mol. The van der Waals surface area contributed by atoms with Gasteiger partial charge in [-0.1, -0.05) is 25.0 Å². The van der Waals surface area contributed by atoms with Gasteiger partial charge in [0.25, 0.3) is 0 Å². The van der Waals surface area contributed by atoms with Crippen molar-refractivity contribution in [2.24, 2.45) is 5.92 Å². The Labute approximate surface area is 166 Å². The van der Waals surface area contributed by atoms with Gasteiger partial charge in [0.1, 0.15) is 5.60 Å². The highest BCUT2D eigenvalue weighted by atomic mass is 16.6. The van der Waals surface area contributed by atoms with Gasteiger partial charge in [0.2, 0.25) is 11.8 Å². The van der Waals surface area contributed by atoms with Crippen molar-refractivity contribution in [3.8, 4) is 0 Å². The first kappa shape index (κ1) is 21.7. The van der Waals surface area contributed by atoms with Crippen LogP contribution in [0.3, 0.4) is 0 Å². The third kappa shape index (κ3) is 7.98. The van der Waals surface area contributed by atoms with E-state index in [0.29, 0.717) is 6.54 Å². The van der Waals surface area contributed by atoms with Gasteiger partial charge < -0.3 is 20.7 Å². The van der Waals surface area contributed by atoms with E-state index in [1.165, 1.54) is 0 Å². The number of rotatable bonds is 7. The van der Waals surface area contributed by atoms with Crippen LogP contribution in [0.5, 0.6) is 0 Å². The Morgan fingerprint density at radius 2 is 1.68 bits per heavy atom. The van der Waals surface area contributed by atoms with Crippen LogP contribution in [0.25, 0.3) is 0 Å². The van der Waals surface area contributed by atoms with E-state index in [1.54, 1.807) is 20.8 Å². The fourth-order valence-corrected chi connectivity index (χ4v) is 3.02. The minimum absolute atomic E-state index is 0.0936. The summed E-state index contributed by atoms with van der Waals surface area (Å²) in [5.41, 5.74) is 1.15. The van der Waals surface area contributed by atoms with E-state index in [0.717, 1.165) is 36.9 Å². The Kier molecular flexibility index (Phi) is 7.84. The summed E-state index contributed by atoms with van der Waals surface area (Å²) in [6, 6.07) is 7.45. The number of carbonyl (C=O) groups excluding carboxylic acids is 3. The Balaban J connectivity index is 1.66. The summed E-state index contributed by atoms with van der Waals surface area (Å²) in [7, 11) is 0. The lowest BCUT2D eigenvalue weighted by Gasteiger charge is -2.19. The van der Waals surface area contributed by atoms with Gasteiger partial charge in [-0.3, -0.25) is 9.59 Å². The van der Waals surface area contributed by atoms with Crippen LogP contribution in [0.4, 0.5) is 10.5 Å². The summed E-state index contributed by atoms with van der Waals surface area (Å²) in [6.07, 6.45) is 3.84. The third-order valence-corrected chi connectivity index (χ3v) is 4.46. The first-order valence-corrected chi connectivity index (χ1v) is 9.86. The van der Waals surface area contributed by atoms with Crippen LogP contribution in [0.2, 0.25) is 0 Å². The molecule has 0 unspecified atom stereocenters. The van der Waals surface area contributed by atoms with Crippen molar-refractivity contribution in [1.82, 2.24) is 10.6 Å². The predicted octanol–water partition coefficient (Wildman–Crippen LogP) is 3.35. The molecule has 1 aliphatic rings. The van der Waals surface area contributed by atoms with Crippen LogP contribution < -0.4 is 16.0 Å². The summed E-state index contributed by atoms with van der Waals surface area (Å²) in [4.78, 5) is 35.5. The first-order chi connectivity index (χ1) is 13.2. The number of hydrogen-bond acceptors (Lipinski definition) is 4. The number of benzene rings is 1. The number of alkyl carbamates (subject to hydrolysis) is 1. The lowest BCUT2D eigenvalue weighted by molar-refractivity contribution is -0.121. The lowest BCUT2D eigenvalue weighted by Crippen LogP contribution is -2.35. The average molecular weight is 389 g/mol. The second kappa shape index (κ2) is 10.1. The van der Waals surface area contributed by atoms with Crippen LogP contribution in [0, 0.1) is 5.92 Å². The maximum atomic E-state index is 12.1. The molecule has 0 heterocycles. The zero-order valence-electron chi connectivity index (χ0n) is 17.0. The monoisotopic (exact) mass is 389 g/mol. The number of nitrogens with one attached hydrogen (secondary N) is 3. The largest absolute Gasteiger partial charge is 0.444 e. The smallest absolute Gasteiger partial charge is 0.407 e. The van der Waals surface area contributed by atoms with Crippen LogP contribution >= 0.6 is 0 Å². The highest BCUT2D eigenvalue weighted by molar-refractivity contribution is 5.92. The van der Waals surface area contributed by atoms with E-state index in [1.807, 2.05) is 24.3 Å². The van der Waals surface area contributed by atoms with Crippen LogP contribution in [0.15, 0.2) is 24.3 Å². The molecule has 0 spiro atoms. The molecule has 7 heteroatoms. The highest BCUT2D eigenvalue weighted by Crippen LogP contribution is 2.26. The molecule has 1 aromatic rings. The molecule has 3 N–H and O–H groups in total. The van der Waals surface area contributed by atoms with Crippen LogP contribution in [0.1, 0.15) is 58.4 Å². The van der Waals surface area contributed by atoms with E-state index in [4.69, 9.17) is 4.74 Å². The van der Waals surface area contributed by atoms with Gasteiger partial charge >= 0.3 is 6.09 Å². The Bertz CT molecular complexity index is 674. The van der Waals surface area contributed by atoms with Gasteiger partial charge in [-0.15, -0.1) is 0 Å². The Morgan fingerprint density at radius 3 is 2.29 bits per heavy atom. The summed E-state index contributed by atoms with van der Waals surface area (Å²) in [6.45, 7) is 5.95. The second-order valence-electron chi connectivity index (χ2n) is 8.12. The molecule has 1 fully saturated rings. The zero-order valence-corrected chi connectivity index (χ0v) is 17.0. The number of ether oxygens (including phenoxy) is 1. The predicted molar refractivity (Wildman–Crippen MR) is 108 cm³/mol. The third-order valence-electron chi connectivity index (χ3n) is 4.46. The molecule has 0 saturated heterocycles. The molecule has 3 amide bonds. The van der Waals surface area contributed by atoms with E-state index >= 15 is 0 Å². The summed E-state index contributed by atoms with van der Waals surface area (Å²) < 4.78 is 5.11. The fourth-order valence-electron chi connectivity index (χ4n) is 3.02. The number of anilines is 1. The van der Waals surface area contributed by atoms with Gasteiger partial charge in [0.15, 0.2) is 0 Å². The van der Waals surface area contributed by atoms with Crippen molar-refractivity contribution in [1.29, 1.82) is 0 Å². The van der Waals surface area contributed by atoms with Crippen LogP contribution in [-0.4, -0.2) is 30.1 Å². The SMILES string of the molecule is CC(C)(C)OC(=O)NCCC(=O)NCc1ccc(NC(=O)C2CCCC2)cc1. The fraction of sp³-hybridized carbons (Fsp3) is 0.571. The Hall–Kier alpha value is -2.57. The normalized spacial score (nSPS) is 14.4. The minimum atomic E-state index is -0.560. The van der Waals surface area contributed by atoms with E-state index in [9.17, 15) is 14.4 Å². The van der Waals surface area contributed by atoms with Gasteiger partial charge in [0, 0.05) is 31.1 Å². The van der Waals surface area contributed by atoms with Gasteiger partial charge in [-0.25, -0.2) is 4.79 Å².